The van der Waals surface area contributed by atoms with Crippen molar-refractivity contribution in [3.8, 4) is 0 Å². The molecule has 1 aliphatic rings. The number of hydrogen-bond donors (Lipinski definition) is 2. The molecule has 0 radical (unpaired) electrons. The zero-order valence-corrected chi connectivity index (χ0v) is 13.0. The van der Waals surface area contributed by atoms with Crippen LogP contribution in [-0.2, 0) is 4.79 Å². The van der Waals surface area contributed by atoms with Crippen molar-refractivity contribution in [2.45, 2.75) is 51.6 Å². The Labute approximate surface area is 126 Å². The Morgan fingerprint density at radius 3 is 2.85 bits per heavy atom. The molecule has 4 heteroatoms. The largest absolute Gasteiger partial charge is 0.334 e. The van der Waals surface area contributed by atoms with Gasteiger partial charge in [-0.15, -0.1) is 0 Å². The highest BCUT2D eigenvalue weighted by atomic mass is 35.5. The number of hydrogen-bond acceptors (Lipinski definition) is 1. The molecule has 1 fully saturated rings. The summed E-state index contributed by atoms with van der Waals surface area (Å²) < 4.78 is 0. The van der Waals surface area contributed by atoms with Crippen LogP contribution in [0.3, 0.4) is 0 Å². The van der Waals surface area contributed by atoms with E-state index in [2.05, 4.69) is 17.6 Å². The van der Waals surface area contributed by atoms with E-state index in [4.69, 9.17) is 11.6 Å². The number of nitrogens with one attached hydrogen (secondary N) is 1. The van der Waals surface area contributed by atoms with Crippen LogP contribution in [0.2, 0.25) is 5.02 Å². The molecule has 0 aromatic heterocycles. The number of anilines is 1. The van der Waals surface area contributed by atoms with Crippen molar-refractivity contribution in [2.75, 3.05) is 5.32 Å². The first-order valence-electron chi connectivity index (χ1n) is 7.47. The van der Waals surface area contributed by atoms with Gasteiger partial charge in [0.15, 0.2) is 6.04 Å². The van der Waals surface area contributed by atoms with Crippen molar-refractivity contribution >= 4 is 23.2 Å². The zero-order chi connectivity index (χ0) is 14.5. The molecule has 3 N–H and O–H groups in total. The van der Waals surface area contributed by atoms with Gasteiger partial charge in [0.05, 0.1) is 6.04 Å². The highest BCUT2D eigenvalue weighted by Gasteiger charge is 2.28. The molecule has 0 spiro atoms. The summed E-state index contributed by atoms with van der Waals surface area (Å²) in [6.07, 6.45) is 5.11. The van der Waals surface area contributed by atoms with Crippen molar-refractivity contribution in [1.29, 1.82) is 0 Å². The summed E-state index contributed by atoms with van der Waals surface area (Å²) in [5.74, 6) is 0.746. The highest BCUT2D eigenvalue weighted by molar-refractivity contribution is 6.30. The number of carbonyl (C=O) groups excluding carboxylic acids is 1. The van der Waals surface area contributed by atoms with Gasteiger partial charge in [-0.05, 0) is 44.4 Å². The Morgan fingerprint density at radius 1 is 1.40 bits per heavy atom. The third-order valence-corrected chi connectivity index (χ3v) is 4.45. The molecular formula is C16H24ClN2O+. The van der Waals surface area contributed by atoms with Crippen LogP contribution in [0.4, 0.5) is 5.69 Å². The van der Waals surface area contributed by atoms with Gasteiger partial charge in [0.25, 0.3) is 5.91 Å². The van der Waals surface area contributed by atoms with Gasteiger partial charge in [0, 0.05) is 16.6 Å². The second-order valence-corrected chi connectivity index (χ2v) is 6.34. The second kappa shape index (κ2) is 7.09. The van der Waals surface area contributed by atoms with E-state index in [1.807, 2.05) is 19.1 Å². The molecule has 0 heterocycles. The molecule has 0 aliphatic heterocycles. The maximum Gasteiger partial charge on any atom is 0.282 e. The van der Waals surface area contributed by atoms with E-state index in [0.29, 0.717) is 17.0 Å². The quantitative estimate of drug-likeness (QED) is 0.881. The summed E-state index contributed by atoms with van der Waals surface area (Å²) in [6.45, 7) is 4.27. The third-order valence-electron chi connectivity index (χ3n) is 4.22. The minimum Gasteiger partial charge on any atom is -0.334 e. The van der Waals surface area contributed by atoms with Crippen LogP contribution in [0.1, 0.15) is 39.5 Å². The Bertz CT molecular complexity index is 464. The Kier molecular flexibility index (Phi) is 5.44. The standard InChI is InChI=1S/C16H23ClN2O/c1-11-6-3-4-9-15(11)18-12(2)16(20)19-14-8-5-7-13(17)10-14/h5,7-8,10-12,15,18H,3-4,6,9H2,1-2H3,(H,19,20)/p+1/t11-,12-,15+/m0/s1. The molecule has 0 bridgehead atoms. The molecule has 1 saturated carbocycles. The lowest BCUT2D eigenvalue weighted by atomic mass is 9.85. The first-order valence-corrected chi connectivity index (χ1v) is 7.85. The molecule has 0 saturated heterocycles. The molecule has 20 heavy (non-hydrogen) atoms. The Morgan fingerprint density at radius 2 is 2.15 bits per heavy atom. The van der Waals surface area contributed by atoms with E-state index in [-0.39, 0.29) is 11.9 Å². The van der Waals surface area contributed by atoms with Crippen LogP contribution >= 0.6 is 11.6 Å². The smallest absolute Gasteiger partial charge is 0.282 e. The fourth-order valence-electron chi connectivity index (χ4n) is 2.91. The van der Waals surface area contributed by atoms with E-state index < -0.39 is 0 Å². The molecule has 1 aliphatic carbocycles. The van der Waals surface area contributed by atoms with Crippen molar-refractivity contribution in [2.24, 2.45) is 5.92 Å². The average molecular weight is 296 g/mol. The fraction of sp³-hybridized carbons (Fsp3) is 0.562. The van der Waals surface area contributed by atoms with Gasteiger partial charge in [0.2, 0.25) is 0 Å². The normalized spacial score (nSPS) is 24.1. The van der Waals surface area contributed by atoms with Crippen molar-refractivity contribution in [1.82, 2.24) is 0 Å². The van der Waals surface area contributed by atoms with Crippen molar-refractivity contribution in [3.05, 3.63) is 29.3 Å². The van der Waals surface area contributed by atoms with E-state index in [1.165, 1.54) is 25.7 Å². The molecule has 110 valence electrons. The Balaban J connectivity index is 1.88. The van der Waals surface area contributed by atoms with Gasteiger partial charge >= 0.3 is 0 Å². The van der Waals surface area contributed by atoms with E-state index in [9.17, 15) is 4.79 Å². The lowest BCUT2D eigenvalue weighted by Gasteiger charge is -2.28. The third kappa shape index (κ3) is 4.22. The maximum atomic E-state index is 12.2. The summed E-state index contributed by atoms with van der Waals surface area (Å²) in [4.78, 5) is 12.2. The summed E-state index contributed by atoms with van der Waals surface area (Å²) >= 11 is 5.92. The summed E-state index contributed by atoms with van der Waals surface area (Å²) in [5.41, 5.74) is 0.763. The topological polar surface area (TPSA) is 45.7 Å². The number of halogens is 1. The van der Waals surface area contributed by atoms with E-state index >= 15 is 0 Å². The average Bonchev–Trinajstić information content (AvgIpc) is 2.41. The molecule has 1 amide bonds. The predicted molar refractivity (Wildman–Crippen MR) is 82.9 cm³/mol. The minimum absolute atomic E-state index is 0.0463. The first-order chi connectivity index (χ1) is 9.56. The summed E-state index contributed by atoms with van der Waals surface area (Å²) in [5, 5.41) is 5.80. The van der Waals surface area contributed by atoms with Gasteiger partial charge in [0.1, 0.15) is 0 Å². The number of rotatable bonds is 4. The second-order valence-electron chi connectivity index (χ2n) is 5.91. The van der Waals surface area contributed by atoms with Crippen molar-refractivity contribution in [3.63, 3.8) is 0 Å². The highest BCUT2D eigenvalue weighted by Crippen LogP contribution is 2.21. The van der Waals surface area contributed by atoms with Crippen LogP contribution in [0.25, 0.3) is 0 Å². The maximum absolute atomic E-state index is 12.2. The molecule has 1 aromatic carbocycles. The molecule has 1 aromatic rings. The van der Waals surface area contributed by atoms with Gasteiger partial charge in [-0.25, -0.2) is 0 Å². The van der Waals surface area contributed by atoms with Crippen LogP contribution in [0.5, 0.6) is 0 Å². The fourth-order valence-corrected chi connectivity index (χ4v) is 3.10. The van der Waals surface area contributed by atoms with E-state index in [0.717, 1.165) is 5.69 Å². The van der Waals surface area contributed by atoms with Gasteiger partial charge in [-0.3, -0.25) is 4.79 Å². The molecular weight excluding hydrogens is 272 g/mol. The predicted octanol–water partition coefficient (Wildman–Crippen LogP) is 2.81. The molecule has 2 rings (SSSR count). The molecule has 3 atom stereocenters. The zero-order valence-electron chi connectivity index (χ0n) is 12.2. The van der Waals surface area contributed by atoms with Gasteiger partial charge in [-0.1, -0.05) is 31.0 Å². The summed E-state index contributed by atoms with van der Waals surface area (Å²) in [6, 6.07) is 7.78. The molecule has 0 unspecified atom stereocenters. The lowest BCUT2D eigenvalue weighted by molar-refractivity contribution is -0.714. The van der Waals surface area contributed by atoms with Crippen LogP contribution in [0, 0.1) is 5.92 Å². The number of carbonyl (C=O) groups is 1. The number of nitrogens with two attached hydrogens (primary N) is 1. The van der Waals surface area contributed by atoms with E-state index in [1.54, 1.807) is 12.1 Å². The first kappa shape index (κ1) is 15.3. The van der Waals surface area contributed by atoms with Crippen LogP contribution < -0.4 is 10.6 Å². The van der Waals surface area contributed by atoms with Gasteiger partial charge in [-0.2, -0.15) is 0 Å². The minimum atomic E-state index is -0.0699. The monoisotopic (exact) mass is 295 g/mol. The number of amides is 1. The van der Waals surface area contributed by atoms with Gasteiger partial charge < -0.3 is 10.6 Å². The van der Waals surface area contributed by atoms with Crippen molar-refractivity contribution < 1.29 is 10.1 Å². The number of benzene rings is 1. The lowest BCUT2D eigenvalue weighted by Crippen LogP contribution is -2.97. The SMILES string of the molecule is C[C@H]([NH2+][C@@H]1CCCC[C@@H]1C)C(=O)Nc1cccc(Cl)c1. The number of quaternary nitrogens is 1. The Hall–Kier alpha value is -1.06. The van der Waals surface area contributed by atoms with Crippen LogP contribution in [-0.4, -0.2) is 18.0 Å². The summed E-state index contributed by atoms with van der Waals surface area (Å²) in [7, 11) is 0. The molecule has 3 nitrogen and oxygen atoms in total. The van der Waals surface area contributed by atoms with Crippen LogP contribution in [0.15, 0.2) is 24.3 Å².